The van der Waals surface area contributed by atoms with Crippen LogP contribution in [0.2, 0.25) is 5.02 Å². The monoisotopic (exact) mass is 499 g/mol. The predicted molar refractivity (Wildman–Crippen MR) is 124 cm³/mol. The summed E-state index contributed by atoms with van der Waals surface area (Å²) in [4.78, 5) is 8.96. The van der Waals surface area contributed by atoms with Gasteiger partial charge in [0.1, 0.15) is 11.9 Å². The summed E-state index contributed by atoms with van der Waals surface area (Å²) in [7, 11) is 0. The third kappa shape index (κ3) is 3.62. The van der Waals surface area contributed by atoms with Crippen LogP contribution in [0, 0.1) is 5.21 Å². The Morgan fingerprint density at radius 1 is 1.20 bits per heavy atom. The molecular formula is C21H15BrClN5OS. The lowest BCUT2D eigenvalue weighted by Crippen LogP contribution is -2.35. The number of anilines is 3. The zero-order valence-corrected chi connectivity index (χ0v) is 18.7. The van der Waals surface area contributed by atoms with E-state index in [-0.39, 0.29) is 5.95 Å². The van der Waals surface area contributed by atoms with Crippen molar-refractivity contribution in [3.8, 4) is 22.5 Å². The summed E-state index contributed by atoms with van der Waals surface area (Å²) in [6.07, 6.45) is 2.45. The lowest BCUT2D eigenvalue weighted by molar-refractivity contribution is -0.581. The highest BCUT2D eigenvalue weighted by Crippen LogP contribution is 2.34. The molecule has 2 aromatic heterocycles. The Labute approximate surface area is 190 Å². The fourth-order valence-electron chi connectivity index (χ4n) is 3.42. The van der Waals surface area contributed by atoms with Crippen LogP contribution in [0.5, 0.6) is 0 Å². The smallest absolute Gasteiger partial charge is 0.399 e. The van der Waals surface area contributed by atoms with E-state index in [9.17, 15) is 5.21 Å². The van der Waals surface area contributed by atoms with Gasteiger partial charge in [0.05, 0.1) is 5.69 Å². The van der Waals surface area contributed by atoms with E-state index >= 15 is 0 Å². The summed E-state index contributed by atoms with van der Waals surface area (Å²) >= 11 is 11.0. The second-order valence-corrected chi connectivity index (χ2v) is 9.00. The van der Waals surface area contributed by atoms with Gasteiger partial charge in [-0.15, -0.1) is 0 Å². The Balaban J connectivity index is 1.50. The summed E-state index contributed by atoms with van der Waals surface area (Å²) in [6.45, 7) is 0.706. The van der Waals surface area contributed by atoms with Gasteiger partial charge in [-0.1, -0.05) is 56.0 Å². The number of hydrogen-bond donors (Lipinski definition) is 2. The Morgan fingerprint density at radius 3 is 2.87 bits per heavy atom. The molecule has 0 saturated heterocycles. The van der Waals surface area contributed by atoms with Gasteiger partial charge in [-0.25, -0.2) is 15.0 Å². The van der Waals surface area contributed by atoms with Gasteiger partial charge >= 0.3 is 5.95 Å². The van der Waals surface area contributed by atoms with E-state index in [0.29, 0.717) is 28.8 Å². The van der Waals surface area contributed by atoms with Crippen LogP contribution in [0.4, 0.5) is 16.8 Å². The molecule has 9 heteroatoms. The summed E-state index contributed by atoms with van der Waals surface area (Å²) in [5.41, 5.74) is 4.96. The first-order valence-corrected chi connectivity index (χ1v) is 11.3. The second kappa shape index (κ2) is 7.86. The topological polar surface area (TPSA) is 76.8 Å². The maximum absolute atomic E-state index is 13.2. The van der Waals surface area contributed by atoms with E-state index in [1.807, 2.05) is 41.8 Å². The average molecular weight is 501 g/mol. The fourth-order valence-corrected chi connectivity index (χ4v) is 4.57. The van der Waals surface area contributed by atoms with E-state index in [1.165, 1.54) is 11.3 Å². The molecule has 0 unspecified atom stereocenters. The molecule has 4 aromatic rings. The summed E-state index contributed by atoms with van der Waals surface area (Å²) in [5.74, 6) is 0.188. The van der Waals surface area contributed by atoms with Gasteiger partial charge in [-0.3, -0.25) is 0 Å². The molecule has 150 valence electrons. The molecular weight excluding hydrogens is 486 g/mol. The largest absolute Gasteiger partial charge is 0.740 e. The minimum Gasteiger partial charge on any atom is -0.740 e. The van der Waals surface area contributed by atoms with Crippen molar-refractivity contribution in [2.75, 3.05) is 17.2 Å². The van der Waals surface area contributed by atoms with E-state index < -0.39 is 0 Å². The van der Waals surface area contributed by atoms with Crippen LogP contribution in [-0.2, 0) is 6.42 Å². The van der Waals surface area contributed by atoms with Gasteiger partial charge in [0.15, 0.2) is 0 Å². The van der Waals surface area contributed by atoms with E-state index in [4.69, 9.17) is 11.6 Å². The molecule has 0 saturated carbocycles. The van der Waals surface area contributed by atoms with E-state index in [2.05, 4.69) is 36.5 Å². The highest BCUT2D eigenvalue weighted by Gasteiger charge is 2.23. The van der Waals surface area contributed by atoms with Crippen molar-refractivity contribution in [2.45, 2.75) is 6.42 Å². The maximum atomic E-state index is 13.2. The lowest BCUT2D eigenvalue weighted by Gasteiger charge is -2.16. The Bertz CT molecular complexity index is 1240. The molecule has 0 radical (unpaired) electrons. The van der Waals surface area contributed by atoms with Crippen molar-refractivity contribution >= 4 is 55.6 Å². The van der Waals surface area contributed by atoms with Crippen molar-refractivity contribution in [1.29, 1.82) is 0 Å². The standard InChI is InChI=1S/C21H15BrClN5OS/c22-14-3-1-12(2-4-14)18-11-30-21(26-18)27-20-25-10-13-7-8-24-17-9-15(23)5-6-16(17)19(13)28(20)29/h1-6,9-11,24H,7-8H2,(H,25,26,27). The number of benzene rings is 2. The van der Waals surface area contributed by atoms with Crippen LogP contribution in [0.3, 0.4) is 0 Å². The van der Waals surface area contributed by atoms with Gasteiger partial charge in [-0.2, -0.15) is 0 Å². The van der Waals surface area contributed by atoms with Gasteiger partial charge in [0, 0.05) is 43.8 Å². The van der Waals surface area contributed by atoms with Crippen molar-refractivity contribution in [2.24, 2.45) is 0 Å². The molecule has 1 aliphatic heterocycles. The van der Waals surface area contributed by atoms with E-state index in [1.54, 1.807) is 12.3 Å². The Hall–Kier alpha value is -2.68. The number of hydrogen-bond acceptors (Lipinski definition) is 6. The quantitative estimate of drug-likeness (QED) is 0.281. The Kier molecular flexibility index (Phi) is 5.06. The first-order valence-electron chi connectivity index (χ1n) is 9.22. The lowest BCUT2D eigenvalue weighted by atomic mass is 10.1. The van der Waals surface area contributed by atoms with Crippen LogP contribution in [0.15, 0.2) is 58.5 Å². The van der Waals surface area contributed by atoms with Crippen LogP contribution in [0.25, 0.3) is 22.5 Å². The first-order chi connectivity index (χ1) is 14.6. The van der Waals surface area contributed by atoms with Crippen molar-refractivity contribution < 1.29 is 4.73 Å². The van der Waals surface area contributed by atoms with Gasteiger partial charge in [0.2, 0.25) is 5.13 Å². The molecule has 2 N–H and O–H groups in total. The molecule has 1 aliphatic rings. The summed E-state index contributed by atoms with van der Waals surface area (Å²) < 4.78 is 1.85. The first kappa shape index (κ1) is 19.3. The van der Waals surface area contributed by atoms with Crippen molar-refractivity contribution in [1.82, 2.24) is 9.97 Å². The average Bonchev–Trinajstić information content (AvgIpc) is 3.12. The summed E-state index contributed by atoms with van der Waals surface area (Å²) in [6, 6.07) is 13.4. The highest BCUT2D eigenvalue weighted by molar-refractivity contribution is 9.10. The minimum absolute atomic E-state index is 0.188. The predicted octanol–water partition coefficient (Wildman–Crippen LogP) is 5.63. The number of nitrogens with zero attached hydrogens (tertiary/aromatic N) is 3. The van der Waals surface area contributed by atoms with Crippen molar-refractivity contribution in [3.05, 3.63) is 74.3 Å². The molecule has 0 aliphatic carbocycles. The minimum atomic E-state index is 0.188. The van der Waals surface area contributed by atoms with Gasteiger partial charge in [0.25, 0.3) is 0 Å². The van der Waals surface area contributed by atoms with E-state index in [0.717, 1.165) is 37.3 Å². The second-order valence-electron chi connectivity index (χ2n) is 6.79. The molecule has 0 fully saturated rings. The van der Waals surface area contributed by atoms with Crippen LogP contribution in [-0.4, -0.2) is 16.5 Å². The maximum Gasteiger partial charge on any atom is 0.399 e. The highest BCUT2D eigenvalue weighted by atomic mass is 79.9. The third-order valence-electron chi connectivity index (χ3n) is 4.85. The molecule has 2 aromatic carbocycles. The summed E-state index contributed by atoms with van der Waals surface area (Å²) in [5, 5.41) is 22.8. The zero-order valence-electron chi connectivity index (χ0n) is 15.5. The van der Waals surface area contributed by atoms with Gasteiger partial charge in [-0.05, 0) is 36.8 Å². The van der Waals surface area contributed by atoms with Crippen LogP contribution in [0.1, 0.15) is 5.56 Å². The van der Waals surface area contributed by atoms with Crippen molar-refractivity contribution in [3.63, 3.8) is 0 Å². The molecule has 6 nitrogen and oxygen atoms in total. The molecule has 0 atom stereocenters. The molecule has 0 amide bonds. The number of halogens is 2. The fraction of sp³-hybridized carbons (Fsp3) is 0.0952. The molecule has 0 spiro atoms. The Morgan fingerprint density at radius 2 is 2.03 bits per heavy atom. The number of rotatable bonds is 3. The zero-order chi connectivity index (χ0) is 20.7. The third-order valence-corrected chi connectivity index (χ3v) is 6.37. The SMILES string of the molecule is [O-][n+]1c(Nc2nc(-c3ccc(Br)cc3)cs2)ncc2c1-c1ccc(Cl)cc1NCC2. The van der Waals surface area contributed by atoms with Crippen LogP contribution >= 0.6 is 38.9 Å². The normalized spacial score (nSPS) is 12.5. The number of thiazole rings is 1. The molecule has 30 heavy (non-hydrogen) atoms. The number of aromatic nitrogens is 3. The number of fused-ring (bicyclic) bond motifs is 3. The molecule has 0 bridgehead atoms. The number of nitrogens with one attached hydrogen (secondary N) is 2. The molecule has 3 heterocycles. The molecule has 5 rings (SSSR count). The van der Waals surface area contributed by atoms with Crippen LogP contribution < -0.4 is 15.4 Å². The van der Waals surface area contributed by atoms with Gasteiger partial charge < -0.3 is 10.5 Å².